The third kappa shape index (κ3) is 4.86. The van der Waals surface area contributed by atoms with Crippen LogP contribution in [0.5, 0.6) is 5.75 Å². The molecule has 0 saturated carbocycles. The van der Waals surface area contributed by atoms with E-state index < -0.39 is 5.97 Å². The molecule has 142 valence electrons. The fraction of sp³-hybridized carbons (Fsp3) is 0.333. The highest BCUT2D eigenvalue weighted by Crippen LogP contribution is 2.20. The maximum absolute atomic E-state index is 13.1. The maximum atomic E-state index is 13.1. The normalized spacial score (nSPS) is 16.1. The molecule has 1 aliphatic rings. The van der Waals surface area contributed by atoms with Gasteiger partial charge in [0.1, 0.15) is 5.75 Å². The quantitative estimate of drug-likeness (QED) is 0.811. The standard InChI is InChI=1S/C21H23NO5/c1-26-18-5-2-4-15(12-18)13-22(14-19-6-3-11-27-19)20(23)16-7-9-17(10-8-16)21(24)25/h2,4-5,7-10,12,19H,3,6,11,13-14H2,1H3,(H,24,25). The van der Waals surface area contributed by atoms with Crippen molar-refractivity contribution in [3.8, 4) is 5.75 Å². The van der Waals surface area contributed by atoms with Crippen LogP contribution < -0.4 is 4.74 Å². The van der Waals surface area contributed by atoms with E-state index in [4.69, 9.17) is 14.6 Å². The van der Waals surface area contributed by atoms with E-state index in [0.717, 1.165) is 30.8 Å². The molecule has 1 unspecified atom stereocenters. The van der Waals surface area contributed by atoms with Crippen LogP contribution in [0.1, 0.15) is 39.1 Å². The molecule has 2 aromatic rings. The topological polar surface area (TPSA) is 76.1 Å². The molecule has 0 aliphatic carbocycles. The van der Waals surface area contributed by atoms with Crippen molar-refractivity contribution in [2.75, 3.05) is 20.3 Å². The van der Waals surface area contributed by atoms with Crippen LogP contribution in [0.2, 0.25) is 0 Å². The first kappa shape index (κ1) is 18.9. The van der Waals surface area contributed by atoms with Crippen molar-refractivity contribution < 1.29 is 24.2 Å². The minimum absolute atomic E-state index is 0.0258. The summed E-state index contributed by atoms with van der Waals surface area (Å²) in [4.78, 5) is 25.8. The number of hydrogen-bond acceptors (Lipinski definition) is 4. The molecule has 0 radical (unpaired) electrons. The summed E-state index contributed by atoms with van der Waals surface area (Å²) in [6.45, 7) is 1.65. The fourth-order valence-corrected chi connectivity index (χ4v) is 3.18. The molecule has 6 nitrogen and oxygen atoms in total. The van der Waals surface area contributed by atoms with Gasteiger partial charge in [-0.05, 0) is 54.8 Å². The highest BCUT2D eigenvalue weighted by atomic mass is 16.5. The Morgan fingerprint density at radius 2 is 1.93 bits per heavy atom. The fourth-order valence-electron chi connectivity index (χ4n) is 3.18. The molecule has 2 aromatic carbocycles. The van der Waals surface area contributed by atoms with Crippen molar-refractivity contribution in [2.45, 2.75) is 25.5 Å². The second-order valence-corrected chi connectivity index (χ2v) is 6.55. The minimum Gasteiger partial charge on any atom is -0.497 e. The second kappa shape index (κ2) is 8.68. The summed E-state index contributed by atoms with van der Waals surface area (Å²) >= 11 is 0. The molecular weight excluding hydrogens is 346 g/mol. The van der Waals surface area contributed by atoms with Gasteiger partial charge in [0.2, 0.25) is 0 Å². The van der Waals surface area contributed by atoms with Gasteiger partial charge < -0.3 is 19.5 Å². The minimum atomic E-state index is -1.01. The van der Waals surface area contributed by atoms with Crippen LogP contribution in [0.4, 0.5) is 0 Å². The molecule has 3 rings (SSSR count). The largest absolute Gasteiger partial charge is 0.497 e. The molecule has 1 N–H and O–H groups in total. The smallest absolute Gasteiger partial charge is 0.335 e. The summed E-state index contributed by atoms with van der Waals surface area (Å²) < 4.78 is 11.0. The summed E-state index contributed by atoms with van der Waals surface area (Å²) in [5.41, 5.74) is 1.58. The summed E-state index contributed by atoms with van der Waals surface area (Å²) in [6, 6.07) is 13.6. The van der Waals surface area contributed by atoms with Gasteiger partial charge >= 0.3 is 5.97 Å². The van der Waals surface area contributed by atoms with E-state index in [-0.39, 0.29) is 17.6 Å². The van der Waals surface area contributed by atoms with Crippen LogP contribution in [0.25, 0.3) is 0 Å². The van der Waals surface area contributed by atoms with E-state index in [2.05, 4.69) is 0 Å². The number of ether oxygens (including phenoxy) is 2. The van der Waals surface area contributed by atoms with E-state index in [0.29, 0.717) is 18.7 Å². The number of hydrogen-bond donors (Lipinski definition) is 1. The Bertz CT molecular complexity index is 796. The van der Waals surface area contributed by atoms with Crippen LogP contribution in [0, 0.1) is 0 Å². The predicted molar refractivity (Wildman–Crippen MR) is 100 cm³/mol. The Labute approximate surface area is 158 Å². The zero-order valence-corrected chi connectivity index (χ0v) is 15.3. The number of carbonyl (C=O) groups is 2. The lowest BCUT2D eigenvalue weighted by Gasteiger charge is -2.26. The van der Waals surface area contributed by atoms with Gasteiger partial charge in [0.25, 0.3) is 5.91 Å². The van der Waals surface area contributed by atoms with Crippen molar-refractivity contribution in [3.05, 3.63) is 65.2 Å². The van der Waals surface area contributed by atoms with E-state index >= 15 is 0 Å². The van der Waals surface area contributed by atoms with Gasteiger partial charge in [0.05, 0.1) is 18.8 Å². The van der Waals surface area contributed by atoms with Gasteiger partial charge in [-0.15, -0.1) is 0 Å². The molecule has 0 aromatic heterocycles. The van der Waals surface area contributed by atoms with Crippen molar-refractivity contribution in [2.24, 2.45) is 0 Å². The number of methoxy groups -OCH3 is 1. The molecular formula is C21H23NO5. The van der Waals surface area contributed by atoms with Gasteiger partial charge in [-0.3, -0.25) is 4.79 Å². The molecule has 1 saturated heterocycles. The Morgan fingerprint density at radius 3 is 2.56 bits per heavy atom. The number of rotatable bonds is 7. The van der Waals surface area contributed by atoms with Gasteiger partial charge in [0.15, 0.2) is 0 Å². The monoisotopic (exact) mass is 369 g/mol. The summed E-state index contributed by atoms with van der Waals surface area (Å²) in [5, 5.41) is 9.03. The number of carboxylic acid groups (broad SMARTS) is 1. The SMILES string of the molecule is COc1cccc(CN(CC2CCCO2)C(=O)c2ccc(C(=O)O)cc2)c1. The Hall–Kier alpha value is -2.86. The molecule has 1 atom stereocenters. The van der Waals surface area contributed by atoms with Crippen LogP contribution in [0.3, 0.4) is 0 Å². The van der Waals surface area contributed by atoms with E-state index in [1.165, 1.54) is 12.1 Å². The van der Waals surface area contributed by atoms with Crippen molar-refractivity contribution in [3.63, 3.8) is 0 Å². The third-order valence-corrected chi connectivity index (χ3v) is 4.62. The molecule has 6 heteroatoms. The van der Waals surface area contributed by atoms with Gasteiger partial charge in [-0.2, -0.15) is 0 Å². The van der Waals surface area contributed by atoms with Crippen LogP contribution in [-0.2, 0) is 11.3 Å². The maximum Gasteiger partial charge on any atom is 0.335 e. The summed E-state index contributed by atoms with van der Waals surface area (Å²) in [5.74, 6) is -0.422. The Morgan fingerprint density at radius 1 is 1.19 bits per heavy atom. The van der Waals surface area contributed by atoms with E-state index in [1.807, 2.05) is 24.3 Å². The van der Waals surface area contributed by atoms with E-state index in [9.17, 15) is 9.59 Å². The van der Waals surface area contributed by atoms with Gasteiger partial charge in [-0.1, -0.05) is 12.1 Å². The van der Waals surface area contributed by atoms with Crippen molar-refractivity contribution >= 4 is 11.9 Å². The first-order valence-electron chi connectivity index (χ1n) is 8.94. The first-order valence-corrected chi connectivity index (χ1v) is 8.94. The third-order valence-electron chi connectivity index (χ3n) is 4.62. The molecule has 1 heterocycles. The number of nitrogens with zero attached hydrogens (tertiary/aromatic N) is 1. The summed E-state index contributed by atoms with van der Waals surface area (Å²) in [7, 11) is 1.61. The molecule has 0 bridgehead atoms. The van der Waals surface area contributed by atoms with Crippen LogP contribution >= 0.6 is 0 Å². The average molecular weight is 369 g/mol. The second-order valence-electron chi connectivity index (χ2n) is 6.55. The lowest BCUT2D eigenvalue weighted by Crippen LogP contribution is -2.37. The highest BCUT2D eigenvalue weighted by molar-refractivity contribution is 5.95. The Kier molecular flexibility index (Phi) is 6.08. The molecule has 0 spiro atoms. The average Bonchev–Trinajstić information content (AvgIpc) is 3.20. The molecule has 1 aliphatic heterocycles. The Balaban J connectivity index is 1.81. The van der Waals surface area contributed by atoms with Gasteiger partial charge in [-0.25, -0.2) is 4.79 Å². The lowest BCUT2D eigenvalue weighted by molar-refractivity contribution is 0.0507. The molecule has 1 fully saturated rings. The van der Waals surface area contributed by atoms with Crippen LogP contribution in [0.15, 0.2) is 48.5 Å². The zero-order valence-electron chi connectivity index (χ0n) is 15.3. The van der Waals surface area contributed by atoms with E-state index in [1.54, 1.807) is 24.1 Å². The van der Waals surface area contributed by atoms with Gasteiger partial charge in [0, 0.05) is 25.3 Å². The van der Waals surface area contributed by atoms with Crippen LogP contribution in [-0.4, -0.2) is 48.2 Å². The molecule has 1 amide bonds. The lowest BCUT2D eigenvalue weighted by atomic mass is 10.1. The number of benzene rings is 2. The molecule has 27 heavy (non-hydrogen) atoms. The number of carbonyl (C=O) groups excluding carboxylic acids is 1. The number of amides is 1. The number of aromatic carboxylic acids is 1. The first-order chi connectivity index (χ1) is 13.1. The predicted octanol–water partition coefficient (Wildman–Crippen LogP) is 3.21. The zero-order chi connectivity index (χ0) is 19.2. The summed E-state index contributed by atoms with van der Waals surface area (Å²) in [6.07, 6.45) is 1.96. The number of carboxylic acids is 1. The van der Waals surface area contributed by atoms with Crippen molar-refractivity contribution in [1.29, 1.82) is 0 Å². The van der Waals surface area contributed by atoms with Crippen molar-refractivity contribution in [1.82, 2.24) is 4.90 Å². The highest BCUT2D eigenvalue weighted by Gasteiger charge is 2.24.